The third-order valence-corrected chi connectivity index (χ3v) is 5.27. The monoisotopic (exact) mass is 438 g/mol. The van der Waals surface area contributed by atoms with Crippen molar-refractivity contribution in [3.63, 3.8) is 0 Å². The van der Waals surface area contributed by atoms with E-state index in [1.807, 2.05) is 0 Å². The van der Waals surface area contributed by atoms with Gasteiger partial charge in [0.25, 0.3) is 0 Å². The van der Waals surface area contributed by atoms with E-state index in [9.17, 15) is 14.4 Å². The lowest BCUT2D eigenvalue weighted by molar-refractivity contribution is -0.149. The fraction of sp³-hybridized carbons (Fsp3) is 0.500. The van der Waals surface area contributed by atoms with Crippen LogP contribution in [0.1, 0.15) is 27.0 Å². The van der Waals surface area contributed by atoms with Gasteiger partial charge in [0.2, 0.25) is 5.95 Å². The standard InChI is InChI=1S/C18H22N4O7S/c1-8(2)28-14-11(6-26-9(3)23)12(7-27-10(4)24)29-16(14)22-15-13(30-18(22)25)5-20-17(19)21-15/h5,11-12,14,16H,1,6-7H2,2-4H3,(H2,19,20,21)/t11-,12-,14-,16-/m1/s1. The van der Waals surface area contributed by atoms with Crippen LogP contribution in [-0.4, -0.2) is 51.9 Å². The van der Waals surface area contributed by atoms with Crippen molar-refractivity contribution in [3.05, 3.63) is 28.2 Å². The van der Waals surface area contributed by atoms with Gasteiger partial charge in [0, 0.05) is 13.8 Å². The van der Waals surface area contributed by atoms with Gasteiger partial charge in [-0.3, -0.25) is 19.0 Å². The molecule has 0 radical (unpaired) electrons. The number of ether oxygens (including phenoxy) is 4. The van der Waals surface area contributed by atoms with Crippen LogP contribution in [0.25, 0.3) is 10.3 Å². The Morgan fingerprint density at radius 1 is 1.27 bits per heavy atom. The zero-order valence-electron chi connectivity index (χ0n) is 16.7. The van der Waals surface area contributed by atoms with Crippen LogP contribution < -0.4 is 10.6 Å². The summed E-state index contributed by atoms with van der Waals surface area (Å²) < 4.78 is 24.1. The van der Waals surface area contributed by atoms with Crippen LogP contribution in [0.15, 0.2) is 23.3 Å². The Labute approximate surface area is 175 Å². The first-order valence-corrected chi connectivity index (χ1v) is 9.87. The van der Waals surface area contributed by atoms with Crippen LogP contribution in [-0.2, 0) is 28.5 Å². The van der Waals surface area contributed by atoms with Crippen LogP contribution >= 0.6 is 11.3 Å². The SMILES string of the molecule is C=C(C)O[C@@H]1[C@H](COC(C)=O)[C@@H](COC(C)=O)O[C@H]1n1c(=O)sc2cnc(N)nc21. The number of carbonyl (C=O) groups excluding carboxylic acids is 2. The summed E-state index contributed by atoms with van der Waals surface area (Å²) in [4.78, 5) is 43.2. The molecule has 12 heteroatoms. The van der Waals surface area contributed by atoms with Gasteiger partial charge in [-0.25, -0.2) is 4.98 Å². The van der Waals surface area contributed by atoms with Crippen LogP contribution in [0, 0.1) is 5.92 Å². The largest absolute Gasteiger partial charge is 0.490 e. The number of aromatic nitrogens is 3. The summed E-state index contributed by atoms with van der Waals surface area (Å²) in [6.45, 7) is 7.78. The summed E-state index contributed by atoms with van der Waals surface area (Å²) in [6, 6.07) is 0. The van der Waals surface area contributed by atoms with Gasteiger partial charge in [0.1, 0.15) is 19.3 Å². The molecule has 162 valence electrons. The van der Waals surface area contributed by atoms with Crippen molar-refractivity contribution in [1.82, 2.24) is 14.5 Å². The van der Waals surface area contributed by atoms with E-state index in [1.165, 1.54) is 24.6 Å². The van der Waals surface area contributed by atoms with E-state index >= 15 is 0 Å². The highest BCUT2D eigenvalue weighted by molar-refractivity contribution is 7.16. The summed E-state index contributed by atoms with van der Waals surface area (Å²) in [5.41, 5.74) is 5.99. The number of hydrogen-bond donors (Lipinski definition) is 1. The van der Waals surface area contributed by atoms with Gasteiger partial charge >= 0.3 is 16.8 Å². The van der Waals surface area contributed by atoms with Crippen molar-refractivity contribution in [2.24, 2.45) is 5.92 Å². The Bertz CT molecular complexity index is 1030. The first-order chi connectivity index (χ1) is 14.2. The number of esters is 2. The normalized spacial score (nSPS) is 23.3. The lowest BCUT2D eigenvalue weighted by atomic mass is 9.99. The Morgan fingerprint density at radius 2 is 1.93 bits per heavy atom. The Kier molecular flexibility index (Phi) is 6.37. The molecule has 0 unspecified atom stereocenters. The van der Waals surface area contributed by atoms with E-state index in [1.54, 1.807) is 6.92 Å². The lowest BCUT2D eigenvalue weighted by Gasteiger charge is -2.25. The molecule has 0 bridgehead atoms. The summed E-state index contributed by atoms with van der Waals surface area (Å²) in [5.74, 6) is -1.16. The minimum Gasteiger partial charge on any atom is -0.490 e. The molecule has 0 spiro atoms. The van der Waals surface area contributed by atoms with Crippen molar-refractivity contribution >= 4 is 39.6 Å². The molecule has 30 heavy (non-hydrogen) atoms. The summed E-state index contributed by atoms with van der Waals surface area (Å²) >= 11 is 0.932. The average molecular weight is 438 g/mol. The van der Waals surface area contributed by atoms with Gasteiger partial charge in [-0.2, -0.15) is 4.98 Å². The molecule has 2 N–H and O–H groups in total. The maximum atomic E-state index is 12.8. The third kappa shape index (κ3) is 4.60. The van der Waals surface area contributed by atoms with Gasteiger partial charge < -0.3 is 24.7 Å². The van der Waals surface area contributed by atoms with Crippen LogP contribution in [0.4, 0.5) is 5.95 Å². The molecular weight excluding hydrogens is 416 g/mol. The van der Waals surface area contributed by atoms with E-state index in [4.69, 9.17) is 24.7 Å². The molecular formula is C18H22N4O7S. The number of nitrogens with zero attached hydrogens (tertiary/aromatic N) is 3. The van der Waals surface area contributed by atoms with Crippen LogP contribution in [0.2, 0.25) is 0 Å². The molecule has 0 saturated carbocycles. The molecule has 11 nitrogen and oxygen atoms in total. The molecule has 1 aliphatic rings. The molecule has 1 aliphatic heterocycles. The quantitative estimate of drug-likeness (QED) is 0.491. The van der Waals surface area contributed by atoms with Gasteiger partial charge in [-0.15, -0.1) is 0 Å². The molecule has 2 aromatic rings. The Hall–Kier alpha value is -2.99. The fourth-order valence-electron chi connectivity index (χ4n) is 3.22. The van der Waals surface area contributed by atoms with Gasteiger partial charge in [-0.05, 0) is 6.92 Å². The molecule has 1 saturated heterocycles. The Morgan fingerprint density at radius 3 is 2.57 bits per heavy atom. The van der Waals surface area contributed by atoms with E-state index in [-0.39, 0.29) is 29.7 Å². The van der Waals surface area contributed by atoms with E-state index < -0.39 is 36.3 Å². The number of rotatable bonds is 7. The third-order valence-electron chi connectivity index (χ3n) is 4.39. The highest BCUT2D eigenvalue weighted by atomic mass is 32.1. The number of thiazole rings is 1. The van der Waals surface area contributed by atoms with Gasteiger partial charge in [-0.1, -0.05) is 17.9 Å². The van der Waals surface area contributed by atoms with Crippen LogP contribution in [0.3, 0.4) is 0 Å². The van der Waals surface area contributed by atoms with E-state index in [0.29, 0.717) is 10.5 Å². The fourth-order valence-corrected chi connectivity index (χ4v) is 4.04. The van der Waals surface area contributed by atoms with Crippen molar-refractivity contribution < 1.29 is 28.5 Å². The number of allylic oxidation sites excluding steroid dienone is 1. The predicted molar refractivity (Wildman–Crippen MR) is 106 cm³/mol. The second-order valence-electron chi connectivity index (χ2n) is 6.77. The molecule has 0 aromatic carbocycles. The summed E-state index contributed by atoms with van der Waals surface area (Å²) in [5, 5.41) is 0. The van der Waals surface area contributed by atoms with Gasteiger partial charge in [0.05, 0.1) is 22.6 Å². The van der Waals surface area contributed by atoms with Crippen LogP contribution in [0.5, 0.6) is 0 Å². The number of hydrogen-bond acceptors (Lipinski definition) is 11. The van der Waals surface area contributed by atoms with Crippen molar-refractivity contribution in [2.75, 3.05) is 18.9 Å². The molecule has 3 heterocycles. The van der Waals surface area contributed by atoms with Gasteiger partial charge in [0.15, 0.2) is 18.0 Å². The number of nitrogen functional groups attached to an aromatic ring is 1. The zero-order valence-corrected chi connectivity index (χ0v) is 17.5. The van der Waals surface area contributed by atoms with Crippen molar-refractivity contribution in [3.8, 4) is 0 Å². The molecule has 2 aromatic heterocycles. The summed E-state index contributed by atoms with van der Waals surface area (Å²) in [7, 11) is 0. The molecule has 4 atom stereocenters. The average Bonchev–Trinajstić information content (AvgIpc) is 3.13. The van der Waals surface area contributed by atoms with Crippen molar-refractivity contribution in [1.29, 1.82) is 0 Å². The second-order valence-corrected chi connectivity index (χ2v) is 7.77. The molecule has 0 aliphatic carbocycles. The van der Waals surface area contributed by atoms with E-state index in [2.05, 4.69) is 16.5 Å². The minimum atomic E-state index is -0.946. The zero-order chi connectivity index (χ0) is 22.0. The second kappa shape index (κ2) is 8.79. The van der Waals surface area contributed by atoms with E-state index in [0.717, 1.165) is 11.3 Å². The summed E-state index contributed by atoms with van der Waals surface area (Å²) in [6.07, 6.45) is -0.965. The highest BCUT2D eigenvalue weighted by Crippen LogP contribution is 2.39. The number of fused-ring (bicyclic) bond motifs is 1. The lowest BCUT2D eigenvalue weighted by Crippen LogP contribution is -2.36. The maximum absolute atomic E-state index is 12.8. The predicted octanol–water partition coefficient (Wildman–Crippen LogP) is 0.994. The number of carbonyl (C=O) groups is 2. The molecule has 3 rings (SSSR count). The molecule has 0 amide bonds. The highest BCUT2D eigenvalue weighted by Gasteiger charge is 2.49. The first kappa shape index (κ1) is 21.7. The molecule has 1 fully saturated rings. The van der Waals surface area contributed by atoms with Crippen molar-refractivity contribution in [2.45, 2.75) is 39.2 Å². The first-order valence-electron chi connectivity index (χ1n) is 9.05. The number of anilines is 1. The minimum absolute atomic E-state index is 0.00246. The Balaban J connectivity index is 2.05. The smallest absolute Gasteiger partial charge is 0.311 e. The number of nitrogens with two attached hydrogens (primary N) is 1. The maximum Gasteiger partial charge on any atom is 0.311 e. The topological polar surface area (TPSA) is 145 Å².